The largest absolute Gasteiger partial charge is 0.425 e. The molecule has 1 heterocycles. The third-order valence-electron chi connectivity index (χ3n) is 7.02. The van der Waals surface area contributed by atoms with Gasteiger partial charge in [0.15, 0.2) is 6.29 Å². The van der Waals surface area contributed by atoms with Crippen LogP contribution in [0.5, 0.6) is 5.75 Å². The minimum atomic E-state index is -6.38. The molecule has 9 nitrogen and oxygen atoms in total. The number of carbonyl (C=O) groups excluding carboxylic acids is 2. The Morgan fingerprint density at radius 2 is 1.76 bits per heavy atom. The molecule has 4 rings (SSSR count). The first kappa shape index (κ1) is 28.3. The van der Waals surface area contributed by atoms with Gasteiger partial charge in [0.05, 0.1) is 15.6 Å². The van der Waals surface area contributed by atoms with Crippen molar-refractivity contribution in [1.82, 2.24) is 5.32 Å². The Labute approximate surface area is 218 Å². The van der Waals surface area contributed by atoms with Crippen LogP contribution >= 0.6 is 22.6 Å². The predicted molar refractivity (Wildman–Crippen MR) is 118 cm³/mol. The quantitative estimate of drug-likeness (QED) is 0.138. The summed E-state index contributed by atoms with van der Waals surface area (Å²) in [5.41, 5.74) is -6.14. The number of carbonyl (C=O) groups is 2. The summed E-state index contributed by atoms with van der Waals surface area (Å²) in [7, 11) is -5.89. The van der Waals surface area contributed by atoms with Gasteiger partial charge in [0.25, 0.3) is 16.0 Å². The molecule has 0 radical (unpaired) electrons. The zero-order chi connectivity index (χ0) is 27.7. The SMILES string of the molecule is O=C(NC(CS(=O)(=O)O)(C(F)(F)F)C(F)(F)F)c1ccc(I)c(OC(=O)C2C3CC4OC(O)C2C4C3)c1. The first-order valence-corrected chi connectivity index (χ1v) is 13.3. The molecule has 3 N–H and O–H groups in total. The molecule has 1 saturated heterocycles. The molecule has 6 unspecified atom stereocenters. The molecule has 37 heavy (non-hydrogen) atoms. The Hall–Kier alpha value is -1.70. The molecule has 2 saturated carbocycles. The van der Waals surface area contributed by atoms with Crippen LogP contribution in [-0.4, -0.2) is 66.0 Å². The molecule has 3 fully saturated rings. The highest BCUT2D eigenvalue weighted by atomic mass is 127. The van der Waals surface area contributed by atoms with Crippen molar-refractivity contribution in [3.8, 4) is 5.75 Å². The fraction of sp³-hybridized carbons (Fsp3) is 0.600. The summed E-state index contributed by atoms with van der Waals surface area (Å²) in [6.45, 7) is 0. The van der Waals surface area contributed by atoms with Crippen LogP contribution in [0.2, 0.25) is 0 Å². The van der Waals surface area contributed by atoms with E-state index in [1.165, 1.54) is 0 Å². The minimum Gasteiger partial charge on any atom is -0.425 e. The lowest BCUT2D eigenvalue weighted by atomic mass is 9.80. The van der Waals surface area contributed by atoms with Crippen LogP contribution in [0.4, 0.5) is 26.3 Å². The number of amides is 1. The number of ether oxygens (including phenoxy) is 2. The van der Waals surface area contributed by atoms with E-state index < -0.39 is 69.3 Å². The maximum atomic E-state index is 13.5. The Kier molecular flexibility index (Phi) is 7.04. The maximum Gasteiger partial charge on any atom is 0.421 e. The molecule has 206 valence electrons. The number of esters is 1. The molecule has 1 aromatic rings. The summed E-state index contributed by atoms with van der Waals surface area (Å²) in [5, 5.41) is 10.8. The molecular formula is C20H18F6INO8S. The van der Waals surface area contributed by atoms with E-state index in [4.69, 9.17) is 14.0 Å². The van der Waals surface area contributed by atoms with Crippen molar-refractivity contribution < 1.29 is 63.5 Å². The van der Waals surface area contributed by atoms with Crippen molar-refractivity contribution in [3.05, 3.63) is 27.3 Å². The second-order valence-electron chi connectivity index (χ2n) is 9.21. The van der Waals surface area contributed by atoms with Gasteiger partial charge >= 0.3 is 18.3 Å². The molecule has 1 aliphatic heterocycles. The summed E-state index contributed by atoms with van der Waals surface area (Å²) in [4.78, 5) is 25.5. The lowest BCUT2D eigenvalue weighted by Crippen LogP contribution is -2.70. The van der Waals surface area contributed by atoms with Crippen LogP contribution in [0.25, 0.3) is 0 Å². The van der Waals surface area contributed by atoms with Crippen LogP contribution in [0.15, 0.2) is 18.2 Å². The van der Waals surface area contributed by atoms with Gasteiger partial charge in [-0.2, -0.15) is 34.8 Å². The van der Waals surface area contributed by atoms with Gasteiger partial charge in [0, 0.05) is 11.5 Å². The molecule has 17 heteroatoms. The molecule has 1 amide bonds. The number of benzene rings is 1. The second-order valence-corrected chi connectivity index (χ2v) is 11.8. The van der Waals surface area contributed by atoms with Gasteiger partial charge in [-0.1, -0.05) is 0 Å². The van der Waals surface area contributed by atoms with Gasteiger partial charge in [0.2, 0.25) is 5.54 Å². The monoisotopic (exact) mass is 673 g/mol. The number of rotatable bonds is 6. The number of alkyl halides is 6. The molecule has 0 spiro atoms. The van der Waals surface area contributed by atoms with Crippen molar-refractivity contribution in [2.45, 2.75) is 43.1 Å². The summed E-state index contributed by atoms with van der Waals surface area (Å²) in [6.07, 6.45) is -13.0. The molecule has 3 aliphatic rings. The standard InChI is InChI=1S/C20H18F6INO8S/c21-19(22,23)18(20(24,25)26,6-37(32,33)34)28-15(29)7-1-2-10(27)12(4-7)36-16(30)13-8-3-9-11(5-8)35-17(31)14(9)13/h1-2,4,8-9,11,13-14,17,31H,3,5-6H2,(H,28,29)(H,32,33,34). The molecule has 6 atom stereocenters. The summed E-state index contributed by atoms with van der Waals surface area (Å²) >= 11 is 1.66. The summed E-state index contributed by atoms with van der Waals surface area (Å²) < 4.78 is 123. The smallest absolute Gasteiger partial charge is 0.421 e. The number of hydrogen-bond donors (Lipinski definition) is 3. The number of aliphatic hydroxyl groups is 1. The minimum absolute atomic E-state index is 0.0469. The van der Waals surface area contributed by atoms with E-state index in [9.17, 15) is 49.5 Å². The zero-order valence-electron chi connectivity index (χ0n) is 18.2. The van der Waals surface area contributed by atoms with E-state index in [0.29, 0.717) is 18.2 Å². The number of hydrogen-bond acceptors (Lipinski definition) is 7. The highest BCUT2D eigenvalue weighted by Crippen LogP contribution is 2.59. The van der Waals surface area contributed by atoms with Crippen molar-refractivity contribution in [2.24, 2.45) is 23.7 Å². The van der Waals surface area contributed by atoms with E-state index in [2.05, 4.69) is 0 Å². The van der Waals surface area contributed by atoms with Gasteiger partial charge in [-0.3, -0.25) is 14.1 Å². The number of nitrogens with one attached hydrogen (secondary N) is 1. The van der Waals surface area contributed by atoms with Crippen LogP contribution in [-0.2, 0) is 19.6 Å². The van der Waals surface area contributed by atoms with E-state index >= 15 is 0 Å². The van der Waals surface area contributed by atoms with Crippen LogP contribution in [0, 0.1) is 27.2 Å². The van der Waals surface area contributed by atoms with Crippen LogP contribution < -0.4 is 10.1 Å². The van der Waals surface area contributed by atoms with Crippen molar-refractivity contribution in [1.29, 1.82) is 0 Å². The highest BCUT2D eigenvalue weighted by Gasteiger charge is 2.73. The number of aliphatic hydroxyl groups excluding tert-OH is 1. The van der Waals surface area contributed by atoms with Gasteiger partial charge in [0.1, 0.15) is 11.5 Å². The Balaban J connectivity index is 1.60. The van der Waals surface area contributed by atoms with Gasteiger partial charge in [-0.15, -0.1) is 0 Å². The number of fused-ring (bicyclic) bond motifs is 1. The fourth-order valence-corrected chi connectivity index (χ4v) is 6.85. The lowest BCUT2D eigenvalue weighted by Gasteiger charge is -2.36. The van der Waals surface area contributed by atoms with E-state index in [1.807, 2.05) is 0 Å². The predicted octanol–water partition coefficient (Wildman–Crippen LogP) is 2.67. The number of halogens is 7. The average Bonchev–Trinajstić information content (AvgIpc) is 3.34. The van der Waals surface area contributed by atoms with E-state index in [1.54, 1.807) is 22.6 Å². The maximum absolute atomic E-state index is 13.5. The summed E-state index contributed by atoms with van der Waals surface area (Å²) in [6, 6.07) is 2.67. The van der Waals surface area contributed by atoms with Crippen LogP contribution in [0.1, 0.15) is 23.2 Å². The van der Waals surface area contributed by atoms with E-state index in [-0.39, 0.29) is 27.3 Å². The van der Waals surface area contributed by atoms with Crippen molar-refractivity contribution in [2.75, 3.05) is 5.75 Å². The van der Waals surface area contributed by atoms with Gasteiger partial charge in [-0.05, 0) is 65.5 Å². The average molecular weight is 673 g/mol. The second kappa shape index (κ2) is 9.20. The van der Waals surface area contributed by atoms with E-state index in [0.717, 1.165) is 18.2 Å². The summed E-state index contributed by atoms with van der Waals surface area (Å²) in [5.74, 6) is -7.53. The first-order chi connectivity index (χ1) is 16.8. The first-order valence-electron chi connectivity index (χ1n) is 10.6. The Morgan fingerprint density at radius 1 is 1.14 bits per heavy atom. The third-order valence-corrected chi connectivity index (χ3v) is 8.71. The van der Waals surface area contributed by atoms with Gasteiger partial charge < -0.3 is 19.9 Å². The fourth-order valence-electron chi connectivity index (χ4n) is 5.46. The Bertz CT molecular complexity index is 1210. The molecular weight excluding hydrogens is 655 g/mol. The lowest BCUT2D eigenvalue weighted by molar-refractivity contribution is -0.296. The molecule has 0 aromatic heterocycles. The van der Waals surface area contributed by atoms with Crippen LogP contribution in [0.3, 0.4) is 0 Å². The molecule has 2 aliphatic carbocycles. The van der Waals surface area contributed by atoms with Gasteiger partial charge in [-0.25, -0.2) is 0 Å². The molecule has 2 bridgehead atoms. The third kappa shape index (κ3) is 5.04. The zero-order valence-corrected chi connectivity index (χ0v) is 21.2. The normalized spacial score (nSPS) is 29.4. The molecule has 1 aromatic carbocycles. The highest BCUT2D eigenvalue weighted by molar-refractivity contribution is 14.1. The topological polar surface area (TPSA) is 139 Å². The Morgan fingerprint density at radius 3 is 2.32 bits per heavy atom. The van der Waals surface area contributed by atoms with Crippen molar-refractivity contribution in [3.63, 3.8) is 0 Å². The van der Waals surface area contributed by atoms with Crippen molar-refractivity contribution >= 4 is 44.6 Å².